The topological polar surface area (TPSA) is 53.3 Å². The molecule has 22 heavy (non-hydrogen) atoms. The molecule has 1 aromatic heterocycles. The predicted octanol–water partition coefficient (Wildman–Crippen LogP) is 2.56. The molecule has 1 heterocycles. The van der Waals surface area contributed by atoms with Crippen LogP contribution in [-0.2, 0) is 13.1 Å². The van der Waals surface area contributed by atoms with E-state index in [1.54, 1.807) is 0 Å². The Morgan fingerprint density at radius 1 is 1.23 bits per heavy atom. The molecule has 2 rings (SSSR count). The van der Waals surface area contributed by atoms with E-state index in [4.69, 9.17) is 5.11 Å². The standard InChI is InChI=1S/C17H26N4O/c1-5-21-14(3)17(13(2)19-21)12-18-15-6-8-16(9-7-15)20(4)10-11-22/h6-9,18,22H,5,10-12H2,1-4H3. The summed E-state index contributed by atoms with van der Waals surface area (Å²) in [4.78, 5) is 2.03. The summed E-state index contributed by atoms with van der Waals surface area (Å²) < 4.78 is 2.04. The van der Waals surface area contributed by atoms with Crippen molar-refractivity contribution in [3.63, 3.8) is 0 Å². The van der Waals surface area contributed by atoms with E-state index in [1.165, 1.54) is 11.3 Å². The lowest BCUT2D eigenvalue weighted by atomic mass is 10.2. The second-order valence-corrected chi connectivity index (χ2v) is 5.51. The van der Waals surface area contributed by atoms with Gasteiger partial charge in [-0.25, -0.2) is 0 Å². The maximum absolute atomic E-state index is 8.98. The van der Waals surface area contributed by atoms with Gasteiger partial charge in [-0.2, -0.15) is 5.10 Å². The van der Waals surface area contributed by atoms with E-state index in [9.17, 15) is 0 Å². The summed E-state index contributed by atoms with van der Waals surface area (Å²) in [5.74, 6) is 0. The Morgan fingerprint density at radius 3 is 2.45 bits per heavy atom. The summed E-state index contributed by atoms with van der Waals surface area (Å²) in [5.41, 5.74) is 5.77. The van der Waals surface area contributed by atoms with E-state index in [0.29, 0.717) is 6.54 Å². The molecule has 0 aliphatic heterocycles. The van der Waals surface area contributed by atoms with Crippen molar-refractivity contribution in [2.45, 2.75) is 33.9 Å². The lowest BCUT2D eigenvalue weighted by molar-refractivity contribution is 0.304. The van der Waals surface area contributed by atoms with Crippen molar-refractivity contribution in [1.82, 2.24) is 9.78 Å². The third-order valence-corrected chi connectivity index (χ3v) is 4.04. The largest absolute Gasteiger partial charge is 0.395 e. The maximum Gasteiger partial charge on any atom is 0.0646 e. The van der Waals surface area contributed by atoms with Gasteiger partial charge < -0.3 is 15.3 Å². The molecule has 0 spiro atoms. The van der Waals surface area contributed by atoms with Gasteiger partial charge in [0, 0.05) is 49.3 Å². The zero-order chi connectivity index (χ0) is 16.1. The Hall–Kier alpha value is -2.01. The molecular weight excluding hydrogens is 276 g/mol. The molecule has 2 N–H and O–H groups in total. The summed E-state index contributed by atoms with van der Waals surface area (Å²) in [7, 11) is 1.98. The van der Waals surface area contributed by atoms with Crippen molar-refractivity contribution in [1.29, 1.82) is 0 Å². The highest BCUT2D eigenvalue weighted by Crippen LogP contribution is 2.19. The number of hydrogen-bond acceptors (Lipinski definition) is 4. The second-order valence-electron chi connectivity index (χ2n) is 5.51. The molecule has 0 atom stereocenters. The molecule has 5 heteroatoms. The minimum Gasteiger partial charge on any atom is -0.395 e. The normalized spacial score (nSPS) is 10.8. The molecule has 0 aliphatic rings. The molecule has 0 radical (unpaired) electrons. The predicted molar refractivity (Wildman–Crippen MR) is 91.5 cm³/mol. The fourth-order valence-corrected chi connectivity index (χ4v) is 2.60. The van der Waals surface area contributed by atoms with Gasteiger partial charge in [0.05, 0.1) is 12.3 Å². The van der Waals surface area contributed by atoms with Crippen LogP contribution in [0.4, 0.5) is 11.4 Å². The number of nitrogens with zero attached hydrogens (tertiary/aromatic N) is 3. The van der Waals surface area contributed by atoms with Gasteiger partial charge in [0.2, 0.25) is 0 Å². The van der Waals surface area contributed by atoms with Gasteiger partial charge in [0.25, 0.3) is 0 Å². The van der Waals surface area contributed by atoms with Gasteiger partial charge in [-0.3, -0.25) is 4.68 Å². The molecule has 0 aliphatic carbocycles. The highest BCUT2D eigenvalue weighted by atomic mass is 16.3. The van der Waals surface area contributed by atoms with Gasteiger partial charge in [-0.05, 0) is 45.0 Å². The number of benzene rings is 1. The van der Waals surface area contributed by atoms with Gasteiger partial charge in [0.15, 0.2) is 0 Å². The van der Waals surface area contributed by atoms with Crippen molar-refractivity contribution < 1.29 is 5.11 Å². The lowest BCUT2D eigenvalue weighted by Gasteiger charge is -2.18. The molecule has 120 valence electrons. The smallest absolute Gasteiger partial charge is 0.0646 e. The zero-order valence-electron chi connectivity index (χ0n) is 13.9. The highest BCUT2D eigenvalue weighted by Gasteiger charge is 2.10. The van der Waals surface area contributed by atoms with E-state index >= 15 is 0 Å². The zero-order valence-corrected chi connectivity index (χ0v) is 13.9. The summed E-state index contributed by atoms with van der Waals surface area (Å²) in [6.45, 7) is 8.77. The third-order valence-electron chi connectivity index (χ3n) is 4.04. The van der Waals surface area contributed by atoms with Crippen LogP contribution in [0, 0.1) is 13.8 Å². The van der Waals surface area contributed by atoms with Crippen molar-refractivity contribution in [3.8, 4) is 0 Å². The first-order valence-electron chi connectivity index (χ1n) is 7.75. The molecule has 0 saturated heterocycles. The van der Waals surface area contributed by atoms with Crippen molar-refractivity contribution in [2.75, 3.05) is 30.4 Å². The molecule has 0 unspecified atom stereocenters. The van der Waals surface area contributed by atoms with Crippen molar-refractivity contribution in [3.05, 3.63) is 41.2 Å². The molecule has 1 aromatic carbocycles. The van der Waals surface area contributed by atoms with Crippen LogP contribution < -0.4 is 10.2 Å². The van der Waals surface area contributed by atoms with Crippen LogP contribution >= 0.6 is 0 Å². The van der Waals surface area contributed by atoms with Crippen molar-refractivity contribution in [2.24, 2.45) is 0 Å². The number of aryl methyl sites for hydroxylation is 2. The summed E-state index contributed by atoms with van der Waals surface area (Å²) in [6, 6.07) is 8.26. The number of nitrogens with one attached hydrogen (secondary N) is 1. The van der Waals surface area contributed by atoms with E-state index in [0.717, 1.165) is 30.2 Å². The van der Waals surface area contributed by atoms with Gasteiger partial charge in [0.1, 0.15) is 0 Å². The van der Waals surface area contributed by atoms with Gasteiger partial charge in [-0.15, -0.1) is 0 Å². The number of hydrogen-bond donors (Lipinski definition) is 2. The summed E-state index contributed by atoms with van der Waals surface area (Å²) in [6.07, 6.45) is 0. The monoisotopic (exact) mass is 302 g/mol. The number of aliphatic hydroxyl groups excluding tert-OH is 1. The summed E-state index contributed by atoms with van der Waals surface area (Å²) in [5, 5.41) is 17.0. The Balaban J connectivity index is 2.02. The molecule has 0 amide bonds. The fraction of sp³-hybridized carbons (Fsp3) is 0.471. The molecule has 2 aromatic rings. The Labute approximate surface area is 132 Å². The average molecular weight is 302 g/mol. The Morgan fingerprint density at radius 2 is 1.91 bits per heavy atom. The van der Waals surface area contributed by atoms with E-state index < -0.39 is 0 Å². The van der Waals surface area contributed by atoms with Gasteiger partial charge in [-0.1, -0.05) is 0 Å². The first-order chi connectivity index (χ1) is 10.6. The number of likely N-dealkylation sites (N-methyl/N-ethyl adjacent to an activating group) is 1. The minimum absolute atomic E-state index is 0.163. The SMILES string of the molecule is CCn1nc(C)c(CNc2ccc(N(C)CCO)cc2)c1C. The molecule has 0 fully saturated rings. The van der Waals surface area contributed by atoms with Crippen LogP contribution in [0.3, 0.4) is 0 Å². The Kier molecular flexibility index (Phi) is 5.44. The highest BCUT2D eigenvalue weighted by molar-refractivity contribution is 5.55. The average Bonchev–Trinajstić information content (AvgIpc) is 2.80. The minimum atomic E-state index is 0.163. The molecule has 0 saturated carbocycles. The molecular formula is C17H26N4O. The second kappa shape index (κ2) is 7.31. The lowest BCUT2D eigenvalue weighted by Crippen LogP contribution is -2.20. The quantitative estimate of drug-likeness (QED) is 0.825. The number of rotatable bonds is 7. The number of anilines is 2. The first kappa shape index (κ1) is 16.4. The van der Waals surface area contributed by atoms with Crippen LogP contribution in [0.1, 0.15) is 23.9 Å². The van der Waals surface area contributed by atoms with Crippen LogP contribution in [-0.4, -0.2) is 35.1 Å². The van der Waals surface area contributed by atoms with Gasteiger partial charge >= 0.3 is 0 Å². The summed E-state index contributed by atoms with van der Waals surface area (Å²) >= 11 is 0. The van der Waals surface area contributed by atoms with Crippen LogP contribution in [0.5, 0.6) is 0 Å². The third kappa shape index (κ3) is 3.60. The van der Waals surface area contributed by atoms with Crippen LogP contribution in [0.2, 0.25) is 0 Å². The number of aromatic nitrogens is 2. The Bertz CT molecular complexity index is 604. The van der Waals surface area contributed by atoms with E-state index in [1.807, 2.05) is 16.6 Å². The van der Waals surface area contributed by atoms with E-state index in [-0.39, 0.29) is 6.61 Å². The fourth-order valence-electron chi connectivity index (χ4n) is 2.60. The van der Waals surface area contributed by atoms with E-state index in [2.05, 4.69) is 55.5 Å². The molecule has 5 nitrogen and oxygen atoms in total. The number of aliphatic hydroxyl groups is 1. The van der Waals surface area contributed by atoms with Crippen LogP contribution in [0.25, 0.3) is 0 Å². The molecule has 0 bridgehead atoms. The van der Waals surface area contributed by atoms with Crippen molar-refractivity contribution >= 4 is 11.4 Å². The maximum atomic E-state index is 8.98. The first-order valence-corrected chi connectivity index (χ1v) is 7.75. The van der Waals surface area contributed by atoms with Crippen LogP contribution in [0.15, 0.2) is 24.3 Å².